The number of carboxylic acid groups (broad SMARTS) is 1. The summed E-state index contributed by atoms with van der Waals surface area (Å²) in [5, 5.41) is 9.01. The molecule has 0 amide bonds. The van der Waals surface area contributed by atoms with Gasteiger partial charge in [0.2, 0.25) is 5.95 Å². The standard InChI is InChI=1S/C30H31F4N5O5/c31-24-16-20(44-30(32,33)34)3-6-25(24)43-19-2-5-22-17(13-19)1-4-23-26(22)36-29(35)37-27(23)39-9-7-38(8-10-39)11-12-42-21-14-18(15-21)28(40)41/h2-3,5-6,13,16,18,21H,1,4,7-12,14-15H2,(H,40,41)(H2,35,36,37). The highest BCUT2D eigenvalue weighted by atomic mass is 19.4. The van der Waals surface area contributed by atoms with Gasteiger partial charge in [0.15, 0.2) is 11.6 Å². The van der Waals surface area contributed by atoms with Gasteiger partial charge in [-0.1, -0.05) is 0 Å². The molecule has 3 aromatic rings. The summed E-state index contributed by atoms with van der Waals surface area (Å²) in [6.45, 7) is 4.50. The Bertz CT molecular complexity index is 1540. The van der Waals surface area contributed by atoms with E-state index in [-0.39, 0.29) is 23.7 Å². The number of hydrogen-bond acceptors (Lipinski definition) is 9. The van der Waals surface area contributed by atoms with Crippen molar-refractivity contribution in [1.82, 2.24) is 14.9 Å². The molecule has 3 N–H and O–H groups in total. The van der Waals surface area contributed by atoms with Crippen LogP contribution in [0.15, 0.2) is 36.4 Å². The molecule has 0 spiro atoms. The average Bonchev–Trinajstić information content (AvgIpc) is 2.94. The van der Waals surface area contributed by atoms with Gasteiger partial charge >= 0.3 is 12.3 Å². The molecular weight excluding hydrogens is 586 g/mol. The van der Waals surface area contributed by atoms with Gasteiger partial charge in [-0.2, -0.15) is 4.98 Å². The van der Waals surface area contributed by atoms with E-state index in [4.69, 9.17) is 20.3 Å². The lowest BCUT2D eigenvalue weighted by Gasteiger charge is -2.38. The van der Waals surface area contributed by atoms with E-state index in [1.54, 1.807) is 12.1 Å². The highest BCUT2D eigenvalue weighted by Crippen LogP contribution is 2.40. The molecular formula is C30H31F4N5O5. The topological polar surface area (TPSA) is 123 Å². The fraction of sp³-hybridized carbons (Fsp3) is 0.433. The highest BCUT2D eigenvalue weighted by molar-refractivity contribution is 5.76. The third-order valence-electron chi connectivity index (χ3n) is 8.22. The van der Waals surface area contributed by atoms with Gasteiger partial charge in [-0.15, -0.1) is 13.2 Å². The van der Waals surface area contributed by atoms with Gasteiger partial charge in [-0.3, -0.25) is 9.69 Å². The Balaban J connectivity index is 1.09. The summed E-state index contributed by atoms with van der Waals surface area (Å²) < 4.78 is 67.0. The monoisotopic (exact) mass is 617 g/mol. The number of aromatic nitrogens is 2. The second-order valence-corrected chi connectivity index (χ2v) is 11.1. The number of nitrogens with two attached hydrogens (primary N) is 1. The minimum absolute atomic E-state index is 0.0351. The van der Waals surface area contributed by atoms with Crippen LogP contribution in [0.5, 0.6) is 17.2 Å². The number of ether oxygens (including phenoxy) is 3. The molecule has 1 saturated carbocycles. The summed E-state index contributed by atoms with van der Waals surface area (Å²) in [7, 11) is 0. The summed E-state index contributed by atoms with van der Waals surface area (Å²) in [6, 6.07) is 7.93. The largest absolute Gasteiger partial charge is 0.573 e. The molecule has 0 unspecified atom stereocenters. The number of piperazine rings is 1. The van der Waals surface area contributed by atoms with E-state index in [2.05, 4.69) is 24.5 Å². The molecule has 2 aliphatic carbocycles. The van der Waals surface area contributed by atoms with Gasteiger partial charge in [0.25, 0.3) is 0 Å². The minimum Gasteiger partial charge on any atom is -0.481 e. The zero-order valence-electron chi connectivity index (χ0n) is 23.6. The van der Waals surface area contributed by atoms with E-state index in [0.29, 0.717) is 44.1 Å². The minimum atomic E-state index is -4.92. The molecule has 2 heterocycles. The first kappa shape index (κ1) is 29.9. The number of aliphatic carboxylic acids is 1. The fourth-order valence-electron chi connectivity index (χ4n) is 5.86. The van der Waals surface area contributed by atoms with Crippen LogP contribution < -0.4 is 20.1 Å². The van der Waals surface area contributed by atoms with Gasteiger partial charge in [-0.25, -0.2) is 9.37 Å². The predicted octanol–water partition coefficient (Wildman–Crippen LogP) is 4.66. The van der Waals surface area contributed by atoms with Gasteiger partial charge in [0, 0.05) is 49.9 Å². The van der Waals surface area contributed by atoms with Crippen LogP contribution in [0.25, 0.3) is 11.3 Å². The van der Waals surface area contributed by atoms with Gasteiger partial charge < -0.3 is 30.0 Å². The Labute approximate surface area is 250 Å². The number of anilines is 2. The Morgan fingerprint density at radius 1 is 1.02 bits per heavy atom. The number of rotatable bonds is 9. The second kappa shape index (κ2) is 12.1. The lowest BCUT2D eigenvalue weighted by atomic mass is 9.82. The van der Waals surface area contributed by atoms with Crippen LogP contribution in [0.2, 0.25) is 0 Å². The van der Waals surface area contributed by atoms with Crippen molar-refractivity contribution < 1.29 is 41.7 Å². The van der Waals surface area contributed by atoms with Crippen molar-refractivity contribution in [3.63, 3.8) is 0 Å². The highest BCUT2D eigenvalue weighted by Gasteiger charge is 2.35. The third-order valence-corrected chi connectivity index (χ3v) is 8.22. The lowest BCUT2D eigenvalue weighted by Crippen LogP contribution is -2.48. The first-order valence-corrected chi connectivity index (χ1v) is 14.4. The molecule has 10 nitrogen and oxygen atoms in total. The molecule has 0 atom stereocenters. The molecule has 2 fully saturated rings. The Hall–Kier alpha value is -4.17. The fourth-order valence-corrected chi connectivity index (χ4v) is 5.86. The maximum absolute atomic E-state index is 14.4. The summed E-state index contributed by atoms with van der Waals surface area (Å²) in [6.07, 6.45) is -2.41. The van der Waals surface area contributed by atoms with Gasteiger partial charge in [0.1, 0.15) is 17.3 Å². The molecule has 1 saturated heterocycles. The maximum atomic E-state index is 14.4. The Kier molecular flexibility index (Phi) is 8.20. The van der Waals surface area contributed by atoms with Crippen LogP contribution in [0.1, 0.15) is 24.0 Å². The van der Waals surface area contributed by atoms with E-state index in [1.807, 2.05) is 6.07 Å². The third kappa shape index (κ3) is 6.65. The van der Waals surface area contributed by atoms with Crippen molar-refractivity contribution in [3.8, 4) is 28.5 Å². The van der Waals surface area contributed by atoms with E-state index >= 15 is 0 Å². The summed E-state index contributed by atoms with van der Waals surface area (Å²) in [5.74, 6) is -1.62. The Morgan fingerprint density at radius 2 is 1.77 bits per heavy atom. The number of fused-ring (bicyclic) bond motifs is 3. The molecule has 1 aromatic heterocycles. The van der Waals surface area contributed by atoms with Crippen LogP contribution in [0, 0.1) is 11.7 Å². The number of carbonyl (C=O) groups is 1. The van der Waals surface area contributed by atoms with Gasteiger partial charge in [-0.05, 0) is 61.6 Å². The molecule has 2 aromatic carbocycles. The van der Waals surface area contributed by atoms with Crippen molar-refractivity contribution in [1.29, 1.82) is 0 Å². The van der Waals surface area contributed by atoms with E-state index in [1.165, 1.54) is 0 Å². The number of halogens is 4. The zero-order chi connectivity index (χ0) is 31.0. The van der Waals surface area contributed by atoms with E-state index in [0.717, 1.165) is 73.1 Å². The number of nitrogen functional groups attached to an aromatic ring is 1. The summed E-state index contributed by atoms with van der Waals surface area (Å²) in [5.41, 5.74) is 9.67. The number of benzene rings is 2. The number of alkyl halides is 3. The molecule has 1 aliphatic heterocycles. The predicted molar refractivity (Wildman–Crippen MR) is 151 cm³/mol. The van der Waals surface area contributed by atoms with Crippen molar-refractivity contribution in [2.75, 3.05) is 50.0 Å². The number of hydrogen-bond donors (Lipinski definition) is 2. The van der Waals surface area contributed by atoms with Crippen LogP contribution >= 0.6 is 0 Å². The Morgan fingerprint density at radius 3 is 2.48 bits per heavy atom. The first-order chi connectivity index (χ1) is 21.0. The lowest BCUT2D eigenvalue weighted by molar-refractivity contribution is -0.274. The summed E-state index contributed by atoms with van der Waals surface area (Å²) in [4.78, 5) is 24.6. The van der Waals surface area contributed by atoms with E-state index < -0.39 is 23.9 Å². The van der Waals surface area contributed by atoms with Crippen LogP contribution in [0.4, 0.5) is 29.3 Å². The van der Waals surface area contributed by atoms with Crippen molar-refractivity contribution in [2.24, 2.45) is 5.92 Å². The maximum Gasteiger partial charge on any atom is 0.573 e. The quantitative estimate of drug-likeness (QED) is 0.328. The van der Waals surface area contributed by atoms with Gasteiger partial charge in [0.05, 0.1) is 24.3 Å². The summed E-state index contributed by atoms with van der Waals surface area (Å²) >= 11 is 0. The molecule has 0 bridgehead atoms. The van der Waals surface area contributed by atoms with Crippen LogP contribution in [-0.4, -0.2) is 77.7 Å². The number of nitrogens with zero attached hydrogens (tertiary/aromatic N) is 4. The number of carboxylic acids is 1. The van der Waals surface area contributed by atoms with Crippen molar-refractivity contribution in [2.45, 2.75) is 38.1 Å². The molecule has 3 aliphatic rings. The van der Waals surface area contributed by atoms with Crippen molar-refractivity contribution >= 4 is 17.7 Å². The number of aryl methyl sites for hydroxylation is 1. The van der Waals surface area contributed by atoms with Crippen LogP contribution in [-0.2, 0) is 22.4 Å². The first-order valence-electron chi connectivity index (χ1n) is 14.4. The zero-order valence-corrected chi connectivity index (χ0v) is 23.6. The molecule has 234 valence electrons. The molecule has 44 heavy (non-hydrogen) atoms. The smallest absolute Gasteiger partial charge is 0.481 e. The molecule has 14 heteroatoms. The normalized spacial score (nSPS) is 20.0. The van der Waals surface area contributed by atoms with Crippen LogP contribution in [0.3, 0.4) is 0 Å². The molecule has 6 rings (SSSR count). The second-order valence-electron chi connectivity index (χ2n) is 11.1. The molecule has 0 radical (unpaired) electrons. The van der Waals surface area contributed by atoms with E-state index in [9.17, 15) is 22.4 Å². The SMILES string of the molecule is Nc1nc2c(c(N3CCN(CCOC4CC(C(=O)O)C4)CC3)n1)CCc1cc(Oc3ccc(OC(F)(F)F)cc3F)ccc1-2. The van der Waals surface area contributed by atoms with Crippen molar-refractivity contribution in [3.05, 3.63) is 53.3 Å². The average molecular weight is 618 g/mol.